The number of nitrogens with zero attached hydrogens (tertiary/aromatic N) is 5. The molecule has 0 aliphatic carbocycles. The number of aromatic carboxylic acids is 1. The summed E-state index contributed by atoms with van der Waals surface area (Å²) in [4.78, 5) is 31.9. The maximum Gasteiger partial charge on any atom is 0.365 e. The van der Waals surface area contributed by atoms with Gasteiger partial charge in [-0.25, -0.2) is 23.9 Å². The minimum absolute atomic E-state index is 0.120. The fraction of sp³-hybridized carbons (Fsp3) is 0.190. The van der Waals surface area contributed by atoms with Gasteiger partial charge in [0.1, 0.15) is 5.82 Å². The molecule has 11 heteroatoms. The number of halogens is 1. The fourth-order valence-electron chi connectivity index (χ4n) is 3.72. The lowest BCUT2D eigenvalue weighted by atomic mass is 10.1. The fourth-order valence-corrected chi connectivity index (χ4v) is 4.48. The van der Waals surface area contributed by atoms with Gasteiger partial charge in [0.15, 0.2) is 5.82 Å². The van der Waals surface area contributed by atoms with Crippen LogP contribution in [0.5, 0.6) is 10.9 Å². The zero-order chi connectivity index (χ0) is 22.4. The van der Waals surface area contributed by atoms with Crippen LogP contribution in [0.25, 0.3) is 5.69 Å². The number of benzene rings is 1. The molecule has 0 spiro atoms. The van der Waals surface area contributed by atoms with Crippen LogP contribution in [0, 0.1) is 12.7 Å². The first-order valence-corrected chi connectivity index (χ1v) is 10.5. The molecule has 0 saturated heterocycles. The Bertz CT molecular complexity index is 1400. The van der Waals surface area contributed by atoms with Crippen LogP contribution in [0.2, 0.25) is 0 Å². The molecule has 1 aliphatic heterocycles. The molecule has 3 aromatic heterocycles. The molecule has 1 unspecified atom stereocenters. The lowest BCUT2D eigenvalue weighted by Crippen LogP contribution is -2.26. The Labute approximate surface area is 184 Å². The van der Waals surface area contributed by atoms with Crippen LogP contribution in [-0.2, 0) is 6.42 Å². The van der Waals surface area contributed by atoms with Crippen molar-refractivity contribution in [2.75, 3.05) is 0 Å². The Morgan fingerprint density at radius 3 is 2.78 bits per heavy atom. The van der Waals surface area contributed by atoms with Crippen molar-refractivity contribution in [3.05, 3.63) is 81.0 Å². The molecule has 0 amide bonds. The van der Waals surface area contributed by atoms with Gasteiger partial charge in [-0.1, -0.05) is 41.7 Å². The van der Waals surface area contributed by atoms with Crippen molar-refractivity contribution in [1.82, 2.24) is 24.3 Å². The van der Waals surface area contributed by atoms with Gasteiger partial charge < -0.3 is 9.84 Å². The number of carbonyl (C=O) groups is 1. The SMILES string of the molecule is Cc1nc(C(=O)O)sc1Oc1ncc(-n2nc3n(c2=O)C(c2ccccc2)CC3)cc1F. The number of rotatable bonds is 5. The summed E-state index contributed by atoms with van der Waals surface area (Å²) in [5, 5.41) is 13.4. The normalized spacial score (nSPS) is 15.0. The van der Waals surface area contributed by atoms with Gasteiger partial charge in [-0.15, -0.1) is 5.10 Å². The van der Waals surface area contributed by atoms with Crippen LogP contribution < -0.4 is 10.4 Å². The summed E-state index contributed by atoms with van der Waals surface area (Å²) in [7, 11) is 0. The predicted molar refractivity (Wildman–Crippen MR) is 112 cm³/mol. The van der Waals surface area contributed by atoms with Gasteiger partial charge in [-0.05, 0) is 18.9 Å². The van der Waals surface area contributed by atoms with Gasteiger partial charge in [-0.3, -0.25) is 4.57 Å². The molecule has 4 aromatic rings. The number of hydrogen-bond acceptors (Lipinski definition) is 7. The van der Waals surface area contributed by atoms with E-state index in [0.717, 1.165) is 34.1 Å². The Kier molecular flexibility index (Phi) is 4.82. The van der Waals surface area contributed by atoms with Crippen molar-refractivity contribution < 1.29 is 19.0 Å². The molecule has 0 bridgehead atoms. The summed E-state index contributed by atoms with van der Waals surface area (Å²) >= 11 is 0.778. The van der Waals surface area contributed by atoms with E-state index in [2.05, 4.69) is 15.1 Å². The van der Waals surface area contributed by atoms with Gasteiger partial charge in [-0.2, -0.15) is 4.68 Å². The Balaban J connectivity index is 1.46. The number of pyridine rings is 1. The molecule has 0 saturated carbocycles. The van der Waals surface area contributed by atoms with Crippen LogP contribution in [0.3, 0.4) is 0 Å². The molecule has 1 aromatic carbocycles. The molecule has 9 nitrogen and oxygen atoms in total. The van der Waals surface area contributed by atoms with E-state index in [0.29, 0.717) is 17.9 Å². The number of thiazole rings is 1. The van der Waals surface area contributed by atoms with Crippen LogP contribution in [0.4, 0.5) is 4.39 Å². The third-order valence-corrected chi connectivity index (χ3v) is 6.21. The summed E-state index contributed by atoms with van der Waals surface area (Å²) < 4.78 is 22.9. The molecular formula is C21H16FN5O4S. The Hall–Kier alpha value is -3.86. The highest BCUT2D eigenvalue weighted by molar-refractivity contribution is 7.15. The molecular weight excluding hydrogens is 437 g/mol. The standard InChI is InChI=1S/C21H16FN5O4S/c1-11-20(32-18(24-11)19(28)29)31-17-14(22)9-13(10-23-17)27-21(30)26-15(7-8-16(26)25-27)12-5-3-2-4-6-12/h2-6,9-10,15H,7-8H2,1H3,(H,28,29). The summed E-state index contributed by atoms with van der Waals surface area (Å²) in [6, 6.07) is 10.7. The summed E-state index contributed by atoms with van der Waals surface area (Å²) in [6.45, 7) is 1.56. The molecule has 32 heavy (non-hydrogen) atoms. The zero-order valence-corrected chi connectivity index (χ0v) is 17.5. The van der Waals surface area contributed by atoms with Crippen molar-refractivity contribution in [1.29, 1.82) is 0 Å². The summed E-state index contributed by atoms with van der Waals surface area (Å²) in [5.74, 6) is -1.73. The number of carboxylic acid groups (broad SMARTS) is 1. The van der Waals surface area contributed by atoms with Crippen LogP contribution in [-0.4, -0.2) is 35.4 Å². The molecule has 162 valence electrons. The lowest BCUT2D eigenvalue weighted by molar-refractivity contribution is 0.0696. The van der Waals surface area contributed by atoms with E-state index in [4.69, 9.17) is 9.84 Å². The van der Waals surface area contributed by atoms with Crippen molar-refractivity contribution in [2.24, 2.45) is 0 Å². The van der Waals surface area contributed by atoms with Gasteiger partial charge >= 0.3 is 11.7 Å². The van der Waals surface area contributed by atoms with Crippen molar-refractivity contribution in [2.45, 2.75) is 25.8 Å². The van der Waals surface area contributed by atoms with E-state index < -0.39 is 11.8 Å². The second-order valence-electron chi connectivity index (χ2n) is 7.23. The maximum atomic E-state index is 14.7. The first-order chi connectivity index (χ1) is 15.4. The lowest BCUT2D eigenvalue weighted by Gasteiger charge is -2.12. The molecule has 1 atom stereocenters. The number of hydrogen-bond donors (Lipinski definition) is 1. The second kappa shape index (κ2) is 7.68. The van der Waals surface area contributed by atoms with Gasteiger partial charge in [0, 0.05) is 12.5 Å². The van der Waals surface area contributed by atoms with Crippen LogP contribution >= 0.6 is 11.3 Å². The summed E-state index contributed by atoms with van der Waals surface area (Å²) in [6.07, 6.45) is 2.69. The van der Waals surface area contributed by atoms with Gasteiger partial charge in [0.2, 0.25) is 10.1 Å². The third kappa shape index (κ3) is 3.36. The third-order valence-electron chi connectivity index (χ3n) is 5.18. The maximum absolute atomic E-state index is 14.7. The van der Waals surface area contributed by atoms with Gasteiger partial charge in [0.05, 0.1) is 23.6 Å². The highest BCUT2D eigenvalue weighted by Gasteiger charge is 2.29. The van der Waals surface area contributed by atoms with Gasteiger partial charge in [0.25, 0.3) is 5.88 Å². The molecule has 1 N–H and O–H groups in total. The quantitative estimate of drug-likeness (QED) is 0.493. The first kappa shape index (κ1) is 20.1. The Morgan fingerprint density at radius 2 is 2.09 bits per heavy atom. The van der Waals surface area contributed by atoms with E-state index in [1.165, 1.54) is 6.20 Å². The molecule has 4 heterocycles. The highest BCUT2D eigenvalue weighted by Crippen LogP contribution is 2.33. The molecule has 0 radical (unpaired) electrons. The number of aromatic nitrogens is 5. The largest absolute Gasteiger partial charge is 0.476 e. The molecule has 5 rings (SSSR count). The van der Waals surface area contributed by atoms with E-state index >= 15 is 0 Å². The number of fused-ring (bicyclic) bond motifs is 1. The van der Waals surface area contributed by atoms with Crippen molar-refractivity contribution in [3.8, 4) is 16.6 Å². The number of carboxylic acids is 1. The minimum Gasteiger partial charge on any atom is -0.476 e. The number of ether oxygens (including phenoxy) is 1. The predicted octanol–water partition coefficient (Wildman–Crippen LogP) is 3.36. The van der Waals surface area contributed by atoms with E-state index in [9.17, 15) is 14.0 Å². The minimum atomic E-state index is -1.20. The van der Waals surface area contributed by atoms with Crippen molar-refractivity contribution >= 4 is 17.3 Å². The summed E-state index contributed by atoms with van der Waals surface area (Å²) in [5.41, 5.74) is 1.12. The van der Waals surface area contributed by atoms with Crippen LogP contribution in [0.15, 0.2) is 47.4 Å². The van der Waals surface area contributed by atoms with E-state index in [1.54, 1.807) is 11.5 Å². The smallest absolute Gasteiger partial charge is 0.365 e. The monoisotopic (exact) mass is 453 g/mol. The number of aryl methyl sites for hydroxylation is 2. The second-order valence-corrected chi connectivity index (χ2v) is 8.19. The highest BCUT2D eigenvalue weighted by atomic mass is 32.1. The average molecular weight is 453 g/mol. The zero-order valence-electron chi connectivity index (χ0n) is 16.7. The topological polar surface area (TPSA) is 112 Å². The average Bonchev–Trinajstić information content (AvgIpc) is 3.45. The van der Waals surface area contributed by atoms with E-state index in [1.807, 2.05) is 30.3 Å². The Morgan fingerprint density at radius 1 is 1.31 bits per heavy atom. The van der Waals surface area contributed by atoms with Crippen LogP contribution in [0.1, 0.15) is 39.3 Å². The van der Waals surface area contributed by atoms with E-state index in [-0.39, 0.29) is 33.4 Å². The van der Waals surface area contributed by atoms with Crippen molar-refractivity contribution in [3.63, 3.8) is 0 Å². The molecule has 1 aliphatic rings. The molecule has 0 fully saturated rings. The first-order valence-electron chi connectivity index (χ1n) is 9.72.